The third-order valence-corrected chi connectivity index (χ3v) is 3.23. The molecule has 0 saturated heterocycles. The van der Waals surface area contributed by atoms with E-state index in [0.29, 0.717) is 22.3 Å². The Morgan fingerprint density at radius 1 is 1.20 bits per heavy atom. The zero-order chi connectivity index (χ0) is 13.9. The van der Waals surface area contributed by atoms with Crippen LogP contribution >= 0.6 is 11.6 Å². The molecular formula is C15H10ClN3O. The fourth-order valence-corrected chi connectivity index (χ4v) is 2.18. The summed E-state index contributed by atoms with van der Waals surface area (Å²) in [4.78, 5) is 4.29. The predicted octanol–water partition coefficient (Wildman–Crippen LogP) is 3.44. The summed E-state index contributed by atoms with van der Waals surface area (Å²) in [6.45, 7) is 0.247. The SMILES string of the molecule is N#Cc1nc(COc2ccccc2Cl)n2ccccc12. The summed E-state index contributed by atoms with van der Waals surface area (Å²) in [5, 5.41) is 9.64. The lowest BCUT2D eigenvalue weighted by Gasteiger charge is -2.06. The number of hydrogen-bond acceptors (Lipinski definition) is 3. The first-order valence-electron chi connectivity index (χ1n) is 6.03. The first-order chi connectivity index (χ1) is 9.79. The van der Waals surface area contributed by atoms with Crippen LogP contribution in [0.3, 0.4) is 0 Å². The smallest absolute Gasteiger partial charge is 0.166 e. The van der Waals surface area contributed by atoms with Crippen LogP contribution in [0.2, 0.25) is 5.02 Å². The molecule has 0 N–H and O–H groups in total. The van der Waals surface area contributed by atoms with Crippen LogP contribution < -0.4 is 4.74 Å². The van der Waals surface area contributed by atoms with E-state index in [4.69, 9.17) is 21.6 Å². The van der Waals surface area contributed by atoms with Crippen molar-refractivity contribution >= 4 is 17.1 Å². The number of hydrogen-bond donors (Lipinski definition) is 0. The number of para-hydroxylation sites is 1. The molecule has 0 amide bonds. The zero-order valence-electron chi connectivity index (χ0n) is 10.5. The van der Waals surface area contributed by atoms with Crippen LogP contribution in [0.5, 0.6) is 5.75 Å². The number of halogens is 1. The van der Waals surface area contributed by atoms with Gasteiger partial charge in [0.2, 0.25) is 0 Å². The van der Waals surface area contributed by atoms with E-state index >= 15 is 0 Å². The Morgan fingerprint density at radius 2 is 2.00 bits per heavy atom. The van der Waals surface area contributed by atoms with E-state index in [2.05, 4.69) is 11.1 Å². The molecule has 0 bridgehead atoms. The predicted molar refractivity (Wildman–Crippen MR) is 75.7 cm³/mol. The molecule has 0 fully saturated rings. The summed E-state index contributed by atoms with van der Waals surface area (Å²) in [7, 11) is 0. The van der Waals surface area contributed by atoms with Crippen LogP contribution in [-0.4, -0.2) is 9.38 Å². The molecular weight excluding hydrogens is 274 g/mol. The largest absolute Gasteiger partial charge is 0.484 e. The average Bonchev–Trinajstić information content (AvgIpc) is 2.85. The topological polar surface area (TPSA) is 50.3 Å². The first-order valence-corrected chi connectivity index (χ1v) is 6.41. The standard InChI is InChI=1S/C15H10ClN3O/c16-11-5-1-2-7-14(11)20-10-15-18-12(9-17)13-6-3-4-8-19(13)15/h1-8H,10H2. The van der Waals surface area contributed by atoms with Gasteiger partial charge >= 0.3 is 0 Å². The number of benzene rings is 1. The molecule has 98 valence electrons. The Balaban J connectivity index is 1.92. The molecule has 0 radical (unpaired) electrons. The number of fused-ring (bicyclic) bond motifs is 1. The summed E-state index contributed by atoms with van der Waals surface area (Å²) in [5.74, 6) is 1.26. The fourth-order valence-electron chi connectivity index (χ4n) is 1.99. The van der Waals surface area contributed by atoms with Crippen LogP contribution in [0.1, 0.15) is 11.5 Å². The van der Waals surface area contributed by atoms with Crippen LogP contribution in [0.25, 0.3) is 5.52 Å². The van der Waals surface area contributed by atoms with Gasteiger partial charge in [0.05, 0.1) is 10.5 Å². The van der Waals surface area contributed by atoms with Gasteiger partial charge in [0.1, 0.15) is 18.4 Å². The van der Waals surface area contributed by atoms with Gasteiger partial charge in [-0.1, -0.05) is 29.8 Å². The molecule has 2 aromatic heterocycles. The fraction of sp³-hybridized carbons (Fsp3) is 0.0667. The molecule has 20 heavy (non-hydrogen) atoms. The second-order valence-electron chi connectivity index (χ2n) is 4.16. The normalized spacial score (nSPS) is 10.4. The van der Waals surface area contributed by atoms with Crippen molar-refractivity contribution in [2.75, 3.05) is 0 Å². The molecule has 0 aliphatic rings. The summed E-state index contributed by atoms with van der Waals surface area (Å²) >= 11 is 6.04. The third-order valence-electron chi connectivity index (χ3n) is 2.92. The Kier molecular flexibility index (Phi) is 3.28. The second kappa shape index (κ2) is 5.24. The molecule has 3 aromatic rings. The molecule has 4 nitrogen and oxygen atoms in total. The third kappa shape index (κ3) is 2.20. The van der Waals surface area contributed by atoms with Crippen LogP contribution in [-0.2, 0) is 6.61 Å². The Hall–Kier alpha value is -2.51. The number of rotatable bonds is 3. The van der Waals surface area contributed by atoms with E-state index < -0.39 is 0 Å². The second-order valence-corrected chi connectivity index (χ2v) is 4.57. The lowest BCUT2D eigenvalue weighted by molar-refractivity contribution is 0.295. The summed E-state index contributed by atoms with van der Waals surface area (Å²) in [6.07, 6.45) is 1.86. The van der Waals surface area contributed by atoms with Crippen molar-refractivity contribution in [1.82, 2.24) is 9.38 Å². The molecule has 3 rings (SSSR count). The summed E-state index contributed by atoms with van der Waals surface area (Å²) in [6, 6.07) is 14.9. The van der Waals surface area contributed by atoms with Gasteiger partial charge in [0.15, 0.2) is 11.5 Å². The van der Waals surface area contributed by atoms with Crippen LogP contribution in [0.4, 0.5) is 0 Å². The van der Waals surface area contributed by atoms with E-state index in [1.807, 2.05) is 40.9 Å². The zero-order valence-corrected chi connectivity index (χ0v) is 11.2. The van der Waals surface area contributed by atoms with E-state index in [1.165, 1.54) is 0 Å². The summed E-state index contributed by atoms with van der Waals surface area (Å²) in [5.41, 5.74) is 1.16. The molecule has 1 aromatic carbocycles. The lowest BCUT2D eigenvalue weighted by Crippen LogP contribution is -2.01. The number of ether oxygens (including phenoxy) is 1. The first kappa shape index (κ1) is 12.5. The minimum absolute atomic E-state index is 0.247. The van der Waals surface area contributed by atoms with Crippen molar-refractivity contribution in [1.29, 1.82) is 5.26 Å². The van der Waals surface area contributed by atoms with Crippen molar-refractivity contribution < 1.29 is 4.74 Å². The maximum absolute atomic E-state index is 9.09. The number of pyridine rings is 1. The molecule has 5 heteroatoms. The summed E-state index contributed by atoms with van der Waals surface area (Å²) < 4.78 is 7.51. The maximum atomic E-state index is 9.09. The van der Waals surface area contributed by atoms with Crippen molar-refractivity contribution in [3.8, 4) is 11.8 Å². The Bertz CT molecular complexity index is 804. The van der Waals surface area contributed by atoms with Crippen LogP contribution in [0, 0.1) is 11.3 Å². The number of nitriles is 1. The Labute approximate surface area is 120 Å². The van der Waals surface area contributed by atoms with Gasteiger partial charge in [-0.05, 0) is 24.3 Å². The van der Waals surface area contributed by atoms with E-state index in [1.54, 1.807) is 12.1 Å². The molecule has 0 unspecified atom stereocenters. The van der Waals surface area contributed by atoms with E-state index in [0.717, 1.165) is 5.52 Å². The van der Waals surface area contributed by atoms with Gasteiger partial charge in [-0.3, -0.25) is 4.40 Å². The van der Waals surface area contributed by atoms with Gasteiger partial charge in [-0.2, -0.15) is 5.26 Å². The number of imidazole rings is 1. The molecule has 0 aliphatic heterocycles. The minimum atomic E-state index is 0.247. The monoisotopic (exact) mass is 283 g/mol. The molecule has 0 atom stereocenters. The van der Waals surface area contributed by atoms with Crippen molar-refractivity contribution in [3.05, 3.63) is 65.2 Å². The molecule has 0 spiro atoms. The van der Waals surface area contributed by atoms with Gasteiger partial charge in [-0.25, -0.2) is 4.98 Å². The molecule has 0 saturated carbocycles. The lowest BCUT2D eigenvalue weighted by atomic mass is 10.3. The quantitative estimate of drug-likeness (QED) is 0.740. The van der Waals surface area contributed by atoms with Crippen molar-refractivity contribution in [2.45, 2.75) is 6.61 Å². The highest BCUT2D eigenvalue weighted by Gasteiger charge is 2.11. The maximum Gasteiger partial charge on any atom is 0.166 e. The van der Waals surface area contributed by atoms with Crippen molar-refractivity contribution in [3.63, 3.8) is 0 Å². The van der Waals surface area contributed by atoms with Crippen molar-refractivity contribution in [2.24, 2.45) is 0 Å². The number of aromatic nitrogens is 2. The molecule has 0 aliphatic carbocycles. The van der Waals surface area contributed by atoms with E-state index in [-0.39, 0.29) is 6.61 Å². The highest BCUT2D eigenvalue weighted by molar-refractivity contribution is 6.32. The Morgan fingerprint density at radius 3 is 2.80 bits per heavy atom. The van der Waals surface area contributed by atoms with Gasteiger partial charge in [0, 0.05) is 6.20 Å². The minimum Gasteiger partial charge on any atom is -0.484 e. The molecule has 2 heterocycles. The van der Waals surface area contributed by atoms with Gasteiger partial charge < -0.3 is 4.74 Å². The van der Waals surface area contributed by atoms with Gasteiger partial charge in [0.25, 0.3) is 0 Å². The highest BCUT2D eigenvalue weighted by atomic mass is 35.5. The number of nitrogens with zero attached hydrogens (tertiary/aromatic N) is 3. The van der Waals surface area contributed by atoms with E-state index in [9.17, 15) is 0 Å². The highest BCUT2D eigenvalue weighted by Crippen LogP contribution is 2.24. The van der Waals surface area contributed by atoms with Gasteiger partial charge in [-0.15, -0.1) is 0 Å². The average molecular weight is 284 g/mol. The van der Waals surface area contributed by atoms with Crippen LogP contribution in [0.15, 0.2) is 48.7 Å².